The highest BCUT2D eigenvalue weighted by Gasteiger charge is 2.42. The minimum atomic E-state index is -2.75. The summed E-state index contributed by atoms with van der Waals surface area (Å²) >= 11 is 3.52. The average molecular weight is 319 g/mol. The van der Waals surface area contributed by atoms with E-state index in [1.54, 1.807) is 30.6 Å². The third kappa shape index (κ3) is 5.49. The van der Waals surface area contributed by atoms with E-state index in [4.69, 9.17) is 13.3 Å². The van der Waals surface area contributed by atoms with Crippen molar-refractivity contribution in [2.24, 2.45) is 0 Å². The zero-order valence-corrected chi connectivity index (χ0v) is 14.4. The maximum absolute atomic E-state index is 6.02. The number of rotatable bonds is 10. The summed E-state index contributed by atoms with van der Waals surface area (Å²) in [5.74, 6) is 1.88. The molecule has 0 amide bonds. The van der Waals surface area contributed by atoms with Gasteiger partial charge in [-0.25, -0.2) is 0 Å². The second-order valence-electron chi connectivity index (χ2n) is 3.81. The van der Waals surface area contributed by atoms with Gasteiger partial charge >= 0.3 is 8.80 Å². The normalized spacial score (nSPS) is 11.7. The second-order valence-corrected chi connectivity index (χ2v) is 8.46. The molecule has 0 aliphatic heterocycles. The summed E-state index contributed by atoms with van der Waals surface area (Å²) in [5.41, 5.74) is 0. The van der Waals surface area contributed by atoms with Crippen molar-refractivity contribution in [2.75, 3.05) is 44.3 Å². The van der Waals surface area contributed by atoms with Crippen LogP contribution >= 0.6 is 23.5 Å². The second kappa shape index (κ2) is 9.85. The third-order valence-corrected chi connectivity index (χ3v) is 6.45. The van der Waals surface area contributed by atoms with Gasteiger partial charge in [-0.2, -0.15) is 23.5 Å². The molecule has 6 heteroatoms. The molecular formula is C13H22O3S2Si. The molecule has 1 aromatic carbocycles. The van der Waals surface area contributed by atoms with E-state index in [9.17, 15) is 0 Å². The van der Waals surface area contributed by atoms with Crippen molar-refractivity contribution >= 4 is 37.5 Å². The lowest BCUT2D eigenvalue weighted by Gasteiger charge is -2.28. The molecule has 0 atom stereocenters. The maximum atomic E-state index is 6.02. The minimum Gasteiger partial charge on any atom is -0.373 e. The van der Waals surface area contributed by atoms with Gasteiger partial charge in [-0.1, -0.05) is 30.3 Å². The first-order chi connectivity index (χ1) is 9.29. The molecule has 0 spiro atoms. The van der Waals surface area contributed by atoms with Gasteiger partial charge in [0.05, 0.1) is 0 Å². The van der Waals surface area contributed by atoms with E-state index in [0.717, 1.165) is 16.7 Å². The van der Waals surface area contributed by atoms with Crippen LogP contribution in [0.15, 0.2) is 30.3 Å². The van der Waals surface area contributed by atoms with Gasteiger partial charge in [0.15, 0.2) is 0 Å². The van der Waals surface area contributed by atoms with Crippen LogP contribution in [0.25, 0.3) is 0 Å². The van der Waals surface area contributed by atoms with Gasteiger partial charge in [0.1, 0.15) is 0 Å². The van der Waals surface area contributed by atoms with Crippen molar-refractivity contribution in [1.29, 1.82) is 0 Å². The fourth-order valence-electron chi connectivity index (χ4n) is 1.61. The van der Waals surface area contributed by atoms with Crippen LogP contribution in [0.5, 0.6) is 0 Å². The Hall–Kier alpha value is 0.0169. The molecule has 0 radical (unpaired) electrons. The topological polar surface area (TPSA) is 27.7 Å². The average Bonchev–Trinajstić information content (AvgIpc) is 2.47. The van der Waals surface area contributed by atoms with Crippen molar-refractivity contribution < 1.29 is 13.3 Å². The highest BCUT2D eigenvalue weighted by atomic mass is 32.2. The first-order valence-corrected chi connectivity index (χ1v) is 10.7. The lowest BCUT2D eigenvalue weighted by molar-refractivity contribution is 0.104. The first-order valence-electron chi connectivity index (χ1n) is 6.15. The largest absolute Gasteiger partial charge is 0.537 e. The van der Waals surface area contributed by atoms with Crippen molar-refractivity contribution in [1.82, 2.24) is 0 Å². The monoisotopic (exact) mass is 318 g/mol. The quantitative estimate of drug-likeness (QED) is 0.487. The van der Waals surface area contributed by atoms with E-state index in [-0.39, 0.29) is 0 Å². The van der Waals surface area contributed by atoms with Crippen LogP contribution in [-0.4, -0.2) is 53.1 Å². The molecule has 0 heterocycles. The molecular weight excluding hydrogens is 296 g/mol. The summed E-state index contributed by atoms with van der Waals surface area (Å²) in [5, 5.41) is 1.03. The molecule has 19 heavy (non-hydrogen) atoms. The van der Waals surface area contributed by atoms with Crippen LogP contribution in [0.4, 0.5) is 0 Å². The summed E-state index contributed by atoms with van der Waals surface area (Å²) in [6.45, 7) is 1.30. The SMILES string of the molecule is CO[Si](OCCSC)(OCCSC)c1ccccc1. The molecule has 1 aromatic rings. The summed E-state index contributed by atoms with van der Waals surface area (Å²) in [7, 11) is -1.07. The van der Waals surface area contributed by atoms with Crippen LogP contribution in [0.1, 0.15) is 0 Å². The molecule has 0 saturated heterocycles. The van der Waals surface area contributed by atoms with Gasteiger partial charge < -0.3 is 13.3 Å². The molecule has 0 N–H and O–H groups in total. The van der Waals surface area contributed by atoms with E-state index < -0.39 is 8.80 Å². The zero-order valence-electron chi connectivity index (χ0n) is 11.8. The standard InChI is InChI=1S/C13H22O3S2Si/c1-14-19(15-9-11-17-2,16-10-12-18-3)13-7-5-4-6-8-13/h4-8H,9-12H2,1-3H3. The Balaban J connectivity index is 2.79. The molecule has 3 nitrogen and oxygen atoms in total. The smallest absolute Gasteiger partial charge is 0.373 e. The van der Waals surface area contributed by atoms with Crippen molar-refractivity contribution in [3.05, 3.63) is 30.3 Å². The molecule has 1 rings (SSSR count). The number of benzene rings is 1. The van der Waals surface area contributed by atoms with Gasteiger partial charge in [0.25, 0.3) is 0 Å². The lowest BCUT2D eigenvalue weighted by Crippen LogP contribution is -2.56. The zero-order chi connectivity index (χ0) is 14.0. The van der Waals surface area contributed by atoms with Crippen molar-refractivity contribution in [3.63, 3.8) is 0 Å². The number of hydrogen-bond acceptors (Lipinski definition) is 5. The first kappa shape index (κ1) is 17.1. The Bertz CT molecular complexity index is 328. The van der Waals surface area contributed by atoms with E-state index in [1.165, 1.54) is 0 Å². The molecule has 0 unspecified atom stereocenters. The minimum absolute atomic E-state index is 0.648. The van der Waals surface area contributed by atoms with Crippen LogP contribution in [0.2, 0.25) is 0 Å². The highest BCUT2D eigenvalue weighted by Crippen LogP contribution is 2.11. The predicted molar refractivity (Wildman–Crippen MR) is 87.5 cm³/mol. The van der Waals surface area contributed by atoms with Crippen LogP contribution in [0.3, 0.4) is 0 Å². The van der Waals surface area contributed by atoms with E-state index >= 15 is 0 Å². The third-order valence-electron chi connectivity index (χ3n) is 2.56. The Kier molecular flexibility index (Phi) is 8.85. The fraction of sp³-hybridized carbons (Fsp3) is 0.538. The fourth-order valence-corrected chi connectivity index (χ4v) is 4.63. The molecule has 0 aliphatic rings. The summed E-state index contributed by atoms with van der Waals surface area (Å²) in [6.07, 6.45) is 4.13. The van der Waals surface area contributed by atoms with Gasteiger partial charge in [-0.3, -0.25) is 0 Å². The van der Waals surface area contributed by atoms with Gasteiger partial charge in [-0.15, -0.1) is 0 Å². The Morgan fingerprint density at radius 1 is 0.947 bits per heavy atom. The highest BCUT2D eigenvalue weighted by molar-refractivity contribution is 7.98. The maximum Gasteiger partial charge on any atom is 0.537 e. The van der Waals surface area contributed by atoms with Crippen LogP contribution < -0.4 is 5.19 Å². The molecule has 108 valence electrons. The van der Waals surface area contributed by atoms with Crippen molar-refractivity contribution in [3.8, 4) is 0 Å². The predicted octanol–water partition coefficient (Wildman–Crippen LogP) is 2.24. The lowest BCUT2D eigenvalue weighted by atomic mass is 10.4. The number of thioether (sulfide) groups is 2. The summed E-state index contributed by atoms with van der Waals surface area (Å²) in [4.78, 5) is 0. The molecule has 0 saturated carbocycles. The van der Waals surface area contributed by atoms with Crippen LogP contribution in [0, 0.1) is 0 Å². The van der Waals surface area contributed by atoms with Gasteiger partial charge in [-0.05, 0) is 12.5 Å². The van der Waals surface area contributed by atoms with Crippen LogP contribution in [-0.2, 0) is 13.3 Å². The molecule has 0 aromatic heterocycles. The Labute approximate surface area is 125 Å². The Morgan fingerprint density at radius 3 is 1.89 bits per heavy atom. The van der Waals surface area contributed by atoms with E-state index in [2.05, 4.69) is 12.5 Å². The Morgan fingerprint density at radius 2 is 1.47 bits per heavy atom. The number of hydrogen-bond donors (Lipinski definition) is 0. The summed E-state index contributed by atoms with van der Waals surface area (Å²) < 4.78 is 17.7. The molecule has 0 fully saturated rings. The molecule has 0 bridgehead atoms. The van der Waals surface area contributed by atoms with E-state index in [1.807, 2.05) is 30.3 Å². The van der Waals surface area contributed by atoms with Crippen molar-refractivity contribution in [2.45, 2.75) is 0 Å². The molecule has 0 aliphatic carbocycles. The van der Waals surface area contributed by atoms with Gasteiger partial charge in [0.2, 0.25) is 0 Å². The van der Waals surface area contributed by atoms with E-state index in [0.29, 0.717) is 13.2 Å². The summed E-state index contributed by atoms with van der Waals surface area (Å²) in [6, 6.07) is 10.0. The van der Waals surface area contributed by atoms with Gasteiger partial charge in [0, 0.05) is 37.0 Å².